The summed E-state index contributed by atoms with van der Waals surface area (Å²) in [7, 11) is 0. The van der Waals surface area contributed by atoms with Crippen LogP contribution in [0.15, 0.2) is 48.5 Å². The van der Waals surface area contributed by atoms with Crippen molar-refractivity contribution in [3.8, 4) is 0 Å². The molecule has 3 N–H and O–H groups in total. The van der Waals surface area contributed by atoms with Gasteiger partial charge >= 0.3 is 0 Å². The van der Waals surface area contributed by atoms with Crippen LogP contribution in [0.3, 0.4) is 0 Å². The Balaban J connectivity index is 1.25. The van der Waals surface area contributed by atoms with Gasteiger partial charge in [0.25, 0.3) is 5.91 Å². The van der Waals surface area contributed by atoms with E-state index in [0.29, 0.717) is 18.0 Å². The fraction of sp³-hybridized carbons (Fsp3) is 0.458. The third-order valence-corrected chi connectivity index (χ3v) is 6.05. The summed E-state index contributed by atoms with van der Waals surface area (Å²) in [6.07, 6.45) is 2.65. The highest BCUT2D eigenvalue weighted by Gasteiger charge is 2.19. The molecule has 0 bridgehead atoms. The number of amides is 1. The zero-order chi connectivity index (χ0) is 20.1. The number of rotatable bonds is 7. The number of carbonyl (C=O) groups is 1. The standard InChI is InChI=1S/C24H31N3O2/c28-23(17-27-11-9-20-5-1-2-6-22(20)16-27)15-26-24(29)21-7-3-4-18(13-21)12-19-8-10-25-14-19/h1-7,13,19,23,25,28H,8-12,14-17H2,(H,26,29). The second kappa shape index (κ2) is 9.53. The maximum Gasteiger partial charge on any atom is 0.251 e. The van der Waals surface area contributed by atoms with E-state index in [-0.39, 0.29) is 12.5 Å². The Morgan fingerprint density at radius 1 is 1.21 bits per heavy atom. The molecule has 2 unspecified atom stereocenters. The van der Waals surface area contributed by atoms with Gasteiger partial charge in [0.15, 0.2) is 0 Å². The number of carbonyl (C=O) groups excluding carboxylic acids is 1. The third-order valence-electron chi connectivity index (χ3n) is 6.05. The molecule has 0 aliphatic carbocycles. The van der Waals surface area contributed by atoms with E-state index in [9.17, 15) is 9.90 Å². The fourth-order valence-corrected chi connectivity index (χ4v) is 4.45. The van der Waals surface area contributed by atoms with Crippen molar-refractivity contribution >= 4 is 5.91 Å². The van der Waals surface area contributed by atoms with E-state index in [1.54, 1.807) is 0 Å². The predicted octanol–water partition coefficient (Wildman–Crippen LogP) is 1.99. The molecule has 2 aliphatic heterocycles. The molecule has 4 rings (SSSR count). The fourth-order valence-electron chi connectivity index (χ4n) is 4.45. The highest BCUT2D eigenvalue weighted by Crippen LogP contribution is 2.19. The van der Waals surface area contributed by atoms with Crippen molar-refractivity contribution in [1.29, 1.82) is 0 Å². The number of hydrogen-bond donors (Lipinski definition) is 3. The van der Waals surface area contributed by atoms with Crippen molar-refractivity contribution in [2.24, 2.45) is 5.92 Å². The van der Waals surface area contributed by atoms with Gasteiger partial charge in [-0.15, -0.1) is 0 Å². The monoisotopic (exact) mass is 393 g/mol. The van der Waals surface area contributed by atoms with E-state index in [1.165, 1.54) is 23.1 Å². The van der Waals surface area contributed by atoms with Crippen LogP contribution in [0.25, 0.3) is 0 Å². The summed E-state index contributed by atoms with van der Waals surface area (Å²) in [4.78, 5) is 14.8. The zero-order valence-corrected chi connectivity index (χ0v) is 16.9. The van der Waals surface area contributed by atoms with Crippen molar-refractivity contribution < 1.29 is 9.90 Å². The minimum Gasteiger partial charge on any atom is -0.390 e. The molecule has 0 spiro atoms. The number of aliphatic hydroxyl groups excluding tert-OH is 1. The van der Waals surface area contributed by atoms with Crippen LogP contribution in [-0.2, 0) is 19.4 Å². The average Bonchev–Trinajstić information content (AvgIpc) is 3.25. The van der Waals surface area contributed by atoms with Crippen LogP contribution in [0, 0.1) is 5.92 Å². The molecule has 2 aromatic carbocycles. The first-order valence-electron chi connectivity index (χ1n) is 10.7. The maximum atomic E-state index is 12.5. The molecule has 5 nitrogen and oxygen atoms in total. The second-order valence-corrected chi connectivity index (χ2v) is 8.38. The second-order valence-electron chi connectivity index (χ2n) is 8.38. The molecule has 29 heavy (non-hydrogen) atoms. The van der Waals surface area contributed by atoms with Gasteiger partial charge in [0.1, 0.15) is 0 Å². The van der Waals surface area contributed by atoms with Gasteiger partial charge in [0.05, 0.1) is 6.10 Å². The lowest BCUT2D eigenvalue weighted by Gasteiger charge is -2.30. The highest BCUT2D eigenvalue weighted by atomic mass is 16.3. The van der Waals surface area contributed by atoms with Crippen LogP contribution in [0.1, 0.15) is 33.5 Å². The number of β-amino-alcohol motifs (C(OH)–C–C–N with tert-alkyl or cyclic N) is 1. The molecule has 2 aromatic rings. The molecule has 2 atom stereocenters. The number of hydrogen-bond acceptors (Lipinski definition) is 4. The first kappa shape index (κ1) is 20.1. The van der Waals surface area contributed by atoms with Crippen LogP contribution >= 0.6 is 0 Å². The van der Waals surface area contributed by atoms with Gasteiger partial charge in [-0.2, -0.15) is 0 Å². The Bertz CT molecular complexity index is 832. The smallest absolute Gasteiger partial charge is 0.251 e. The van der Waals surface area contributed by atoms with Gasteiger partial charge in [-0.3, -0.25) is 9.69 Å². The molecule has 0 aromatic heterocycles. The number of nitrogens with one attached hydrogen (secondary N) is 2. The van der Waals surface area contributed by atoms with E-state index < -0.39 is 6.10 Å². The zero-order valence-electron chi connectivity index (χ0n) is 16.9. The summed E-state index contributed by atoms with van der Waals surface area (Å²) >= 11 is 0. The number of benzene rings is 2. The minimum absolute atomic E-state index is 0.112. The molecule has 1 amide bonds. The van der Waals surface area contributed by atoms with Gasteiger partial charge in [-0.25, -0.2) is 0 Å². The van der Waals surface area contributed by atoms with E-state index in [1.807, 2.05) is 18.2 Å². The van der Waals surface area contributed by atoms with Crippen molar-refractivity contribution in [3.05, 3.63) is 70.8 Å². The minimum atomic E-state index is -0.572. The van der Waals surface area contributed by atoms with Gasteiger partial charge < -0.3 is 15.7 Å². The number of nitrogens with zero attached hydrogens (tertiary/aromatic N) is 1. The quantitative estimate of drug-likeness (QED) is 0.673. The van der Waals surface area contributed by atoms with Crippen LogP contribution in [-0.4, -0.2) is 54.7 Å². The summed E-state index contributed by atoms with van der Waals surface area (Å²) < 4.78 is 0. The Labute approximate surface area is 173 Å². The van der Waals surface area contributed by atoms with Gasteiger partial charge in [0, 0.05) is 31.7 Å². The molecule has 5 heteroatoms. The molecule has 1 saturated heterocycles. The van der Waals surface area contributed by atoms with E-state index >= 15 is 0 Å². The van der Waals surface area contributed by atoms with Crippen molar-refractivity contribution in [2.75, 3.05) is 32.7 Å². The largest absolute Gasteiger partial charge is 0.390 e. The van der Waals surface area contributed by atoms with Crippen LogP contribution in [0.4, 0.5) is 0 Å². The van der Waals surface area contributed by atoms with E-state index in [4.69, 9.17) is 0 Å². The van der Waals surface area contributed by atoms with Gasteiger partial charge in [-0.05, 0) is 67.1 Å². The predicted molar refractivity (Wildman–Crippen MR) is 115 cm³/mol. The Hall–Kier alpha value is -2.21. The van der Waals surface area contributed by atoms with Crippen LogP contribution < -0.4 is 10.6 Å². The van der Waals surface area contributed by atoms with Crippen molar-refractivity contribution in [3.63, 3.8) is 0 Å². The lowest BCUT2D eigenvalue weighted by Crippen LogP contribution is -2.42. The number of fused-ring (bicyclic) bond motifs is 1. The summed E-state index contributed by atoms with van der Waals surface area (Å²) in [5, 5.41) is 16.7. The molecular formula is C24H31N3O2. The Kier molecular flexibility index (Phi) is 6.60. The third kappa shape index (κ3) is 5.44. The Morgan fingerprint density at radius 3 is 2.90 bits per heavy atom. The van der Waals surface area contributed by atoms with Crippen LogP contribution in [0.2, 0.25) is 0 Å². The van der Waals surface area contributed by atoms with Gasteiger partial charge in [-0.1, -0.05) is 36.4 Å². The van der Waals surface area contributed by atoms with Crippen LogP contribution in [0.5, 0.6) is 0 Å². The highest BCUT2D eigenvalue weighted by molar-refractivity contribution is 5.94. The molecule has 0 radical (unpaired) electrons. The lowest BCUT2D eigenvalue weighted by atomic mass is 9.97. The summed E-state index contributed by atoms with van der Waals surface area (Å²) in [5.41, 5.74) is 4.62. The molecule has 2 heterocycles. The topological polar surface area (TPSA) is 64.6 Å². The first-order chi connectivity index (χ1) is 14.2. The van der Waals surface area contributed by atoms with E-state index in [0.717, 1.165) is 39.0 Å². The maximum absolute atomic E-state index is 12.5. The summed E-state index contributed by atoms with van der Waals surface area (Å²) in [5.74, 6) is 0.546. The number of aliphatic hydroxyl groups is 1. The molecule has 2 aliphatic rings. The molecule has 1 fully saturated rings. The van der Waals surface area contributed by atoms with Crippen molar-refractivity contribution in [2.45, 2.75) is 31.9 Å². The average molecular weight is 394 g/mol. The van der Waals surface area contributed by atoms with Gasteiger partial charge in [0.2, 0.25) is 0 Å². The SMILES string of the molecule is O=C(NCC(O)CN1CCc2ccccc2C1)c1cccc(CC2CCNC2)c1. The first-order valence-corrected chi connectivity index (χ1v) is 10.7. The molecule has 154 valence electrons. The molecular weight excluding hydrogens is 362 g/mol. The Morgan fingerprint density at radius 2 is 2.07 bits per heavy atom. The summed E-state index contributed by atoms with van der Waals surface area (Å²) in [6, 6.07) is 16.4. The van der Waals surface area contributed by atoms with Crippen molar-refractivity contribution in [1.82, 2.24) is 15.5 Å². The lowest BCUT2D eigenvalue weighted by molar-refractivity contribution is 0.0842. The molecule has 0 saturated carbocycles. The normalized spacial score (nSPS) is 20.2. The summed E-state index contributed by atoms with van der Waals surface area (Å²) in [6.45, 7) is 4.80. The van der Waals surface area contributed by atoms with E-state index in [2.05, 4.69) is 45.9 Å².